The number of nitrogens with one attached hydrogen (secondary N) is 1. The predicted octanol–water partition coefficient (Wildman–Crippen LogP) is 5.59. The van der Waals surface area contributed by atoms with Crippen molar-refractivity contribution in [2.45, 2.75) is 30.1 Å². The zero-order valence-corrected chi connectivity index (χ0v) is 19.1. The zero-order valence-electron chi connectivity index (χ0n) is 16.7. The lowest BCUT2D eigenvalue weighted by atomic mass is 10.2. The summed E-state index contributed by atoms with van der Waals surface area (Å²) in [6.07, 6.45) is 1.81. The Morgan fingerprint density at radius 2 is 1.87 bits per heavy atom. The van der Waals surface area contributed by atoms with Crippen molar-refractivity contribution in [3.8, 4) is 0 Å². The van der Waals surface area contributed by atoms with Crippen LogP contribution >= 0.6 is 35.1 Å². The molecule has 3 aromatic rings. The number of anilines is 1. The van der Waals surface area contributed by atoms with E-state index >= 15 is 0 Å². The number of aryl methyl sites for hydroxylation is 1. The van der Waals surface area contributed by atoms with E-state index in [0.717, 1.165) is 17.3 Å². The number of carbonyl (C=O) groups is 1. The van der Waals surface area contributed by atoms with Gasteiger partial charge in [0, 0.05) is 23.0 Å². The molecule has 30 heavy (non-hydrogen) atoms. The number of hydrogen-bond donors (Lipinski definition) is 1. The number of carbonyl (C=O) groups excluding carboxylic acids is 1. The first-order valence-electron chi connectivity index (χ1n) is 9.39. The van der Waals surface area contributed by atoms with Crippen LogP contribution in [0.1, 0.15) is 17.0 Å². The molecule has 0 aliphatic rings. The van der Waals surface area contributed by atoms with Gasteiger partial charge in [0.25, 0.3) is 0 Å². The van der Waals surface area contributed by atoms with Gasteiger partial charge in [0.1, 0.15) is 5.82 Å². The number of benzene rings is 2. The molecule has 0 bridgehead atoms. The molecule has 0 radical (unpaired) electrons. The molecule has 1 heterocycles. The first-order valence-corrected chi connectivity index (χ1v) is 11.9. The Bertz CT molecular complexity index is 987. The molecule has 156 valence electrons. The molecule has 1 N–H and O–H groups in total. The Balaban J connectivity index is 1.55. The minimum absolute atomic E-state index is 0.106. The van der Waals surface area contributed by atoms with Crippen LogP contribution in [0.15, 0.2) is 66.3 Å². The summed E-state index contributed by atoms with van der Waals surface area (Å²) in [5, 5.41) is 12.8. The second-order valence-corrected chi connectivity index (χ2v) is 8.98. The Kier molecular flexibility index (Phi) is 8.42. The van der Waals surface area contributed by atoms with Crippen LogP contribution in [-0.4, -0.2) is 26.4 Å². The van der Waals surface area contributed by atoms with Gasteiger partial charge in [-0.3, -0.25) is 4.79 Å². The molecule has 0 saturated carbocycles. The highest BCUT2D eigenvalue weighted by Crippen LogP contribution is 2.22. The summed E-state index contributed by atoms with van der Waals surface area (Å²) in [4.78, 5) is 12.3. The van der Waals surface area contributed by atoms with Crippen LogP contribution in [0.3, 0.4) is 0 Å². The predicted molar refractivity (Wildman–Crippen MR) is 127 cm³/mol. The smallest absolute Gasteiger partial charge is 0.234 e. The highest BCUT2D eigenvalue weighted by Gasteiger charge is 2.14. The fourth-order valence-electron chi connectivity index (χ4n) is 2.65. The average Bonchev–Trinajstić information content (AvgIpc) is 3.12. The Hall–Kier alpha value is -2.22. The molecule has 5 nitrogen and oxygen atoms in total. The van der Waals surface area contributed by atoms with Gasteiger partial charge in [-0.05, 0) is 36.8 Å². The average molecular weight is 459 g/mol. The lowest BCUT2D eigenvalue weighted by molar-refractivity contribution is -0.113. The first-order chi connectivity index (χ1) is 14.5. The quantitative estimate of drug-likeness (QED) is 0.317. The lowest BCUT2D eigenvalue weighted by Crippen LogP contribution is -2.14. The standard InChI is InChI=1S/C22H23ClN4OS2/c1-3-12-27-20(14-29-13-17-6-4-16(2)5-7-17)25-26-22(27)30-15-21(28)24-19-10-8-18(23)9-11-19/h3-11H,1,12-15H2,2H3,(H,24,28). The highest BCUT2D eigenvalue weighted by atomic mass is 35.5. The summed E-state index contributed by atoms with van der Waals surface area (Å²) in [5.41, 5.74) is 3.26. The maximum atomic E-state index is 12.3. The molecule has 0 spiro atoms. The van der Waals surface area contributed by atoms with E-state index < -0.39 is 0 Å². The third-order valence-corrected chi connectivity index (χ3v) is 6.40. The van der Waals surface area contributed by atoms with Crippen LogP contribution in [0.25, 0.3) is 0 Å². The summed E-state index contributed by atoms with van der Waals surface area (Å²) in [7, 11) is 0. The molecule has 0 fully saturated rings. The van der Waals surface area contributed by atoms with Crippen molar-refractivity contribution in [3.63, 3.8) is 0 Å². The molecule has 1 aromatic heterocycles. The van der Waals surface area contributed by atoms with Crippen LogP contribution in [0, 0.1) is 6.92 Å². The SMILES string of the molecule is C=CCn1c(CSCc2ccc(C)cc2)nnc1SCC(=O)Nc1ccc(Cl)cc1. The van der Waals surface area contributed by atoms with Gasteiger partial charge in [-0.1, -0.05) is 59.3 Å². The molecule has 0 atom stereocenters. The van der Waals surface area contributed by atoms with E-state index in [9.17, 15) is 4.79 Å². The summed E-state index contributed by atoms with van der Waals surface area (Å²) >= 11 is 9.02. The Morgan fingerprint density at radius 3 is 2.57 bits per heavy atom. The van der Waals surface area contributed by atoms with E-state index in [0.29, 0.717) is 22.4 Å². The number of rotatable bonds is 10. The van der Waals surface area contributed by atoms with Crippen molar-refractivity contribution in [1.82, 2.24) is 14.8 Å². The maximum Gasteiger partial charge on any atom is 0.234 e. The number of nitrogens with zero attached hydrogens (tertiary/aromatic N) is 3. The Labute approximate surface area is 190 Å². The maximum absolute atomic E-state index is 12.3. The summed E-state index contributed by atoms with van der Waals surface area (Å²) in [6.45, 7) is 6.52. The minimum Gasteiger partial charge on any atom is -0.325 e. The van der Waals surface area contributed by atoms with Gasteiger partial charge >= 0.3 is 0 Å². The number of amides is 1. The van der Waals surface area contributed by atoms with Crippen LogP contribution < -0.4 is 5.32 Å². The molecule has 0 aliphatic heterocycles. The zero-order chi connectivity index (χ0) is 21.3. The van der Waals surface area contributed by atoms with Crippen LogP contribution in [0.5, 0.6) is 0 Å². The van der Waals surface area contributed by atoms with Crippen molar-refractivity contribution < 1.29 is 4.79 Å². The molecule has 0 saturated heterocycles. The van der Waals surface area contributed by atoms with Crippen LogP contribution in [0.2, 0.25) is 5.02 Å². The topological polar surface area (TPSA) is 59.8 Å². The third kappa shape index (κ3) is 6.65. The number of allylic oxidation sites excluding steroid dienone is 1. The summed E-state index contributed by atoms with van der Waals surface area (Å²) in [6, 6.07) is 15.6. The fraction of sp³-hybridized carbons (Fsp3) is 0.227. The van der Waals surface area contributed by atoms with Crippen LogP contribution in [0.4, 0.5) is 5.69 Å². The number of thioether (sulfide) groups is 2. The normalized spacial score (nSPS) is 10.7. The third-order valence-electron chi connectivity index (χ3n) is 4.19. The minimum atomic E-state index is -0.106. The monoisotopic (exact) mass is 458 g/mol. The van der Waals surface area contributed by atoms with Crippen molar-refractivity contribution in [2.24, 2.45) is 0 Å². The van der Waals surface area contributed by atoms with Crippen molar-refractivity contribution in [1.29, 1.82) is 0 Å². The Morgan fingerprint density at radius 1 is 1.13 bits per heavy atom. The van der Waals surface area contributed by atoms with E-state index in [2.05, 4.69) is 53.3 Å². The number of hydrogen-bond acceptors (Lipinski definition) is 5. The van der Waals surface area contributed by atoms with E-state index in [-0.39, 0.29) is 11.7 Å². The van der Waals surface area contributed by atoms with Gasteiger partial charge in [-0.25, -0.2) is 0 Å². The molecule has 8 heteroatoms. The molecule has 3 rings (SSSR count). The molecular formula is C22H23ClN4OS2. The van der Waals surface area contributed by atoms with Gasteiger partial charge in [-0.15, -0.1) is 28.5 Å². The molecule has 2 aromatic carbocycles. The van der Waals surface area contributed by atoms with E-state index in [1.807, 2.05) is 10.6 Å². The van der Waals surface area contributed by atoms with Gasteiger partial charge < -0.3 is 9.88 Å². The van der Waals surface area contributed by atoms with Gasteiger partial charge in [0.2, 0.25) is 5.91 Å². The second kappa shape index (κ2) is 11.2. The molecule has 1 amide bonds. The highest BCUT2D eigenvalue weighted by molar-refractivity contribution is 7.99. The van der Waals surface area contributed by atoms with Crippen molar-refractivity contribution in [2.75, 3.05) is 11.1 Å². The van der Waals surface area contributed by atoms with E-state index in [4.69, 9.17) is 11.6 Å². The summed E-state index contributed by atoms with van der Waals surface area (Å²) < 4.78 is 2.01. The van der Waals surface area contributed by atoms with Gasteiger partial charge in [0.05, 0.1) is 11.5 Å². The van der Waals surface area contributed by atoms with Gasteiger partial charge in [0.15, 0.2) is 5.16 Å². The molecular weight excluding hydrogens is 436 g/mol. The fourth-order valence-corrected chi connectivity index (χ4v) is 4.47. The van der Waals surface area contributed by atoms with Crippen LogP contribution in [-0.2, 0) is 22.8 Å². The second-order valence-electron chi connectivity index (χ2n) is 6.62. The lowest BCUT2D eigenvalue weighted by Gasteiger charge is -2.08. The van der Waals surface area contributed by atoms with E-state index in [1.54, 1.807) is 36.0 Å². The van der Waals surface area contributed by atoms with Gasteiger partial charge in [-0.2, -0.15) is 0 Å². The first kappa shape index (κ1) is 22.5. The van der Waals surface area contributed by atoms with E-state index in [1.165, 1.54) is 22.9 Å². The number of halogens is 1. The molecule has 0 unspecified atom stereocenters. The van der Waals surface area contributed by atoms with Crippen molar-refractivity contribution >= 4 is 46.7 Å². The number of aromatic nitrogens is 3. The summed E-state index contributed by atoms with van der Waals surface area (Å²) in [5.74, 6) is 2.67. The largest absolute Gasteiger partial charge is 0.325 e. The van der Waals surface area contributed by atoms with Crippen molar-refractivity contribution in [3.05, 3.63) is 83.2 Å². The molecule has 0 aliphatic carbocycles.